The summed E-state index contributed by atoms with van der Waals surface area (Å²) in [7, 11) is 4.07. The molecular weight excluding hydrogens is 268 g/mol. The summed E-state index contributed by atoms with van der Waals surface area (Å²) < 4.78 is 16.8. The van der Waals surface area contributed by atoms with Crippen LogP contribution in [0.25, 0.3) is 0 Å². The van der Waals surface area contributed by atoms with Crippen molar-refractivity contribution in [3.8, 4) is 17.2 Å². The first-order valence-corrected chi connectivity index (χ1v) is 7.47. The van der Waals surface area contributed by atoms with E-state index in [1.165, 1.54) is 0 Å². The summed E-state index contributed by atoms with van der Waals surface area (Å²) in [6.45, 7) is 7.96. The van der Waals surface area contributed by atoms with Crippen molar-refractivity contribution in [2.24, 2.45) is 5.92 Å². The van der Waals surface area contributed by atoms with E-state index >= 15 is 0 Å². The number of benzene rings is 1. The first-order valence-electron chi connectivity index (χ1n) is 7.47. The summed E-state index contributed by atoms with van der Waals surface area (Å²) in [5.74, 6) is 3.06. The molecule has 5 heteroatoms. The van der Waals surface area contributed by atoms with Crippen LogP contribution in [0.4, 0.5) is 0 Å². The summed E-state index contributed by atoms with van der Waals surface area (Å²) in [5.41, 5.74) is 1.11. The highest BCUT2D eigenvalue weighted by molar-refractivity contribution is 5.51. The lowest BCUT2D eigenvalue weighted by Crippen LogP contribution is -2.21. The van der Waals surface area contributed by atoms with Gasteiger partial charge in [0.15, 0.2) is 11.5 Å². The van der Waals surface area contributed by atoms with Crippen molar-refractivity contribution in [2.45, 2.75) is 20.4 Å². The van der Waals surface area contributed by atoms with Crippen molar-refractivity contribution >= 4 is 0 Å². The van der Waals surface area contributed by atoms with Crippen LogP contribution in [-0.4, -0.2) is 45.5 Å². The van der Waals surface area contributed by atoms with Gasteiger partial charge in [-0.1, -0.05) is 13.8 Å². The van der Waals surface area contributed by atoms with Gasteiger partial charge in [0.2, 0.25) is 6.79 Å². The zero-order valence-electron chi connectivity index (χ0n) is 13.4. The Kier molecular flexibility index (Phi) is 5.70. The average molecular weight is 294 g/mol. The molecule has 0 unspecified atom stereocenters. The SMILES string of the molecule is CC(C)CNCc1cc2c(cc1OCCN(C)C)OCO2. The fourth-order valence-electron chi connectivity index (χ4n) is 2.07. The number of nitrogens with zero attached hydrogens (tertiary/aromatic N) is 1. The number of ether oxygens (including phenoxy) is 3. The topological polar surface area (TPSA) is 43.0 Å². The molecule has 0 spiro atoms. The molecule has 0 radical (unpaired) electrons. The normalized spacial score (nSPS) is 13.2. The van der Waals surface area contributed by atoms with Gasteiger partial charge >= 0.3 is 0 Å². The monoisotopic (exact) mass is 294 g/mol. The van der Waals surface area contributed by atoms with E-state index in [1.807, 2.05) is 26.2 Å². The lowest BCUT2D eigenvalue weighted by atomic mass is 10.1. The molecule has 0 saturated carbocycles. The third kappa shape index (κ3) is 4.79. The standard InChI is InChI=1S/C16H26N2O3/c1-12(2)9-17-10-13-7-15-16(21-11-20-15)8-14(13)19-6-5-18(3)4/h7-8,12,17H,5-6,9-11H2,1-4H3. The van der Waals surface area contributed by atoms with Gasteiger partial charge in [-0.2, -0.15) is 0 Å². The Hall–Kier alpha value is -1.46. The molecule has 0 fully saturated rings. The highest BCUT2D eigenvalue weighted by Gasteiger charge is 2.18. The van der Waals surface area contributed by atoms with Crippen LogP contribution in [0.3, 0.4) is 0 Å². The molecule has 0 saturated heterocycles. The fourth-order valence-corrected chi connectivity index (χ4v) is 2.07. The van der Waals surface area contributed by atoms with Gasteiger partial charge in [0, 0.05) is 24.7 Å². The molecule has 118 valence electrons. The van der Waals surface area contributed by atoms with Crippen LogP contribution in [0.5, 0.6) is 17.2 Å². The third-order valence-electron chi connectivity index (χ3n) is 3.22. The largest absolute Gasteiger partial charge is 0.492 e. The second kappa shape index (κ2) is 7.52. The van der Waals surface area contributed by atoms with Crippen molar-refractivity contribution in [2.75, 3.05) is 40.6 Å². The minimum Gasteiger partial charge on any atom is -0.492 e. The number of hydrogen-bond acceptors (Lipinski definition) is 5. The van der Waals surface area contributed by atoms with Gasteiger partial charge in [0.1, 0.15) is 12.4 Å². The maximum Gasteiger partial charge on any atom is 0.231 e. The van der Waals surface area contributed by atoms with Gasteiger partial charge in [0.25, 0.3) is 0 Å². The van der Waals surface area contributed by atoms with Crippen LogP contribution in [0.15, 0.2) is 12.1 Å². The van der Waals surface area contributed by atoms with Gasteiger partial charge in [0.05, 0.1) is 0 Å². The lowest BCUT2D eigenvalue weighted by Gasteiger charge is -2.16. The number of fused-ring (bicyclic) bond motifs is 1. The summed E-state index contributed by atoms with van der Waals surface area (Å²) in [6.07, 6.45) is 0. The minimum absolute atomic E-state index is 0.287. The third-order valence-corrected chi connectivity index (χ3v) is 3.22. The predicted octanol–water partition coefficient (Wildman–Crippen LogP) is 2.10. The van der Waals surface area contributed by atoms with Crippen molar-refractivity contribution in [3.63, 3.8) is 0 Å². The van der Waals surface area contributed by atoms with E-state index in [0.29, 0.717) is 12.5 Å². The molecule has 0 amide bonds. The van der Waals surface area contributed by atoms with Gasteiger partial charge in [-0.15, -0.1) is 0 Å². The van der Waals surface area contributed by atoms with Crippen molar-refractivity contribution < 1.29 is 14.2 Å². The van der Waals surface area contributed by atoms with Crippen LogP contribution in [0.2, 0.25) is 0 Å². The average Bonchev–Trinajstić information content (AvgIpc) is 2.85. The van der Waals surface area contributed by atoms with E-state index in [2.05, 4.69) is 24.1 Å². The molecule has 1 aliphatic rings. The molecule has 5 nitrogen and oxygen atoms in total. The van der Waals surface area contributed by atoms with Crippen molar-refractivity contribution in [3.05, 3.63) is 17.7 Å². The molecular formula is C16H26N2O3. The Balaban J connectivity index is 2.04. The Labute approximate surface area is 127 Å². The van der Waals surface area contributed by atoms with Crippen LogP contribution < -0.4 is 19.5 Å². The van der Waals surface area contributed by atoms with Gasteiger partial charge in [-0.3, -0.25) is 0 Å². The summed E-state index contributed by atoms with van der Waals surface area (Å²) >= 11 is 0. The zero-order valence-corrected chi connectivity index (χ0v) is 13.4. The predicted molar refractivity (Wildman–Crippen MR) is 83.2 cm³/mol. The Morgan fingerprint density at radius 3 is 2.62 bits per heavy atom. The van der Waals surface area contributed by atoms with Crippen molar-refractivity contribution in [1.29, 1.82) is 0 Å². The van der Waals surface area contributed by atoms with Gasteiger partial charge in [-0.05, 0) is 32.6 Å². The maximum absolute atomic E-state index is 5.91. The zero-order chi connectivity index (χ0) is 15.2. The van der Waals surface area contributed by atoms with Crippen LogP contribution in [0, 0.1) is 5.92 Å². The molecule has 2 rings (SSSR count). The second-order valence-corrected chi connectivity index (χ2v) is 5.99. The smallest absolute Gasteiger partial charge is 0.231 e. The van der Waals surface area contributed by atoms with E-state index in [-0.39, 0.29) is 6.79 Å². The summed E-state index contributed by atoms with van der Waals surface area (Å²) in [5, 5.41) is 3.45. The highest BCUT2D eigenvalue weighted by atomic mass is 16.7. The van der Waals surface area contributed by atoms with E-state index in [1.54, 1.807) is 0 Å². The molecule has 1 heterocycles. The van der Waals surface area contributed by atoms with Crippen LogP contribution >= 0.6 is 0 Å². The quantitative estimate of drug-likeness (QED) is 0.795. The van der Waals surface area contributed by atoms with Crippen molar-refractivity contribution in [1.82, 2.24) is 10.2 Å². The highest BCUT2D eigenvalue weighted by Crippen LogP contribution is 2.38. The number of likely N-dealkylation sites (N-methyl/N-ethyl adjacent to an activating group) is 1. The second-order valence-electron chi connectivity index (χ2n) is 5.99. The van der Waals surface area contributed by atoms with Crippen LogP contribution in [0.1, 0.15) is 19.4 Å². The molecule has 1 N–H and O–H groups in total. The van der Waals surface area contributed by atoms with E-state index in [0.717, 1.165) is 42.4 Å². The molecule has 1 aromatic rings. The summed E-state index contributed by atoms with van der Waals surface area (Å²) in [4.78, 5) is 2.10. The summed E-state index contributed by atoms with van der Waals surface area (Å²) in [6, 6.07) is 3.95. The Morgan fingerprint density at radius 2 is 1.95 bits per heavy atom. The fraction of sp³-hybridized carbons (Fsp3) is 0.625. The van der Waals surface area contributed by atoms with E-state index < -0.39 is 0 Å². The first-order chi connectivity index (χ1) is 10.1. The Morgan fingerprint density at radius 1 is 1.24 bits per heavy atom. The number of hydrogen-bond donors (Lipinski definition) is 1. The number of nitrogens with one attached hydrogen (secondary N) is 1. The molecule has 1 aromatic carbocycles. The van der Waals surface area contributed by atoms with E-state index in [4.69, 9.17) is 14.2 Å². The first kappa shape index (κ1) is 15.9. The Bertz CT molecular complexity index is 420. The molecule has 0 aromatic heterocycles. The lowest BCUT2D eigenvalue weighted by molar-refractivity contribution is 0.173. The molecule has 21 heavy (non-hydrogen) atoms. The van der Waals surface area contributed by atoms with Crippen LogP contribution in [-0.2, 0) is 6.54 Å². The maximum atomic E-state index is 5.91. The number of rotatable bonds is 8. The molecule has 0 aliphatic carbocycles. The molecule has 1 aliphatic heterocycles. The molecule has 0 atom stereocenters. The molecule has 0 bridgehead atoms. The van der Waals surface area contributed by atoms with Gasteiger partial charge in [-0.25, -0.2) is 0 Å². The van der Waals surface area contributed by atoms with E-state index in [9.17, 15) is 0 Å². The van der Waals surface area contributed by atoms with Gasteiger partial charge < -0.3 is 24.4 Å². The minimum atomic E-state index is 0.287.